The van der Waals surface area contributed by atoms with Crippen LogP contribution in [0.2, 0.25) is 0 Å². The Morgan fingerprint density at radius 3 is 1.68 bits per heavy atom. The number of carbonyl (C=O) groups excluding carboxylic acids is 2. The molecule has 0 spiro atoms. The minimum Gasteiger partial charge on any atom is -0.286 e. The first-order chi connectivity index (χ1) is 10.6. The van der Waals surface area contributed by atoms with Crippen LogP contribution in [0, 0.1) is 9.81 Å². The molecule has 2 atom stereocenters. The van der Waals surface area contributed by atoms with Gasteiger partial charge in [-0.3, -0.25) is 9.59 Å². The lowest BCUT2D eigenvalue weighted by atomic mass is 9.97. The minimum atomic E-state index is -0.646. The van der Waals surface area contributed by atoms with Gasteiger partial charge in [0.2, 0.25) is 11.6 Å². The molecule has 2 saturated heterocycles. The monoisotopic (exact) mass is 302 g/mol. The van der Waals surface area contributed by atoms with Crippen LogP contribution in [0.3, 0.4) is 0 Å². The normalized spacial score (nSPS) is 24.7. The summed E-state index contributed by atoms with van der Waals surface area (Å²) in [5.41, 5.74) is 0.739. The first kappa shape index (κ1) is 14.7. The standard InChI is InChI=1S/C16H18N2O4/c19-15(13-6-2-8-17(13)21)11-4-1-5-12(10-11)16(20)14-7-3-9-18(14)22/h1,4-5,10,13-14H,2-3,6-9H2/q+2. The summed E-state index contributed by atoms with van der Waals surface area (Å²) in [7, 11) is 0. The quantitative estimate of drug-likeness (QED) is 0.629. The van der Waals surface area contributed by atoms with Crippen LogP contribution in [0.25, 0.3) is 0 Å². The van der Waals surface area contributed by atoms with E-state index in [4.69, 9.17) is 0 Å². The predicted molar refractivity (Wildman–Crippen MR) is 78.1 cm³/mol. The maximum atomic E-state index is 12.4. The van der Waals surface area contributed by atoms with E-state index in [2.05, 4.69) is 0 Å². The molecule has 2 unspecified atom stereocenters. The molecule has 1 aromatic rings. The molecule has 6 heteroatoms. The fourth-order valence-electron chi connectivity index (χ4n) is 3.21. The second kappa shape index (κ2) is 5.87. The third-order valence-corrected chi connectivity index (χ3v) is 4.44. The van der Waals surface area contributed by atoms with Gasteiger partial charge in [-0.15, -0.1) is 0 Å². The van der Waals surface area contributed by atoms with Gasteiger partial charge in [-0.2, -0.15) is 0 Å². The summed E-state index contributed by atoms with van der Waals surface area (Å²) < 4.78 is 1.63. The maximum Gasteiger partial charge on any atom is 0.263 e. The second-order valence-corrected chi connectivity index (χ2v) is 5.91. The molecular formula is C16H18N2O4+2. The Morgan fingerprint density at radius 2 is 1.32 bits per heavy atom. The molecule has 3 rings (SSSR count). The van der Waals surface area contributed by atoms with Crippen LogP contribution >= 0.6 is 0 Å². The Hall–Kier alpha value is -2.24. The second-order valence-electron chi connectivity index (χ2n) is 5.91. The third-order valence-electron chi connectivity index (χ3n) is 4.44. The number of hydrogen-bond acceptors (Lipinski definition) is 4. The highest BCUT2D eigenvalue weighted by Crippen LogP contribution is 2.20. The molecule has 6 nitrogen and oxygen atoms in total. The van der Waals surface area contributed by atoms with E-state index in [1.807, 2.05) is 0 Å². The van der Waals surface area contributed by atoms with Crippen molar-refractivity contribution in [1.82, 2.24) is 0 Å². The highest BCUT2D eigenvalue weighted by Gasteiger charge is 2.40. The molecule has 0 N–H and O–H groups in total. The Morgan fingerprint density at radius 1 is 0.864 bits per heavy atom. The Labute approximate surface area is 127 Å². The molecule has 0 aliphatic carbocycles. The number of nitroso groups, excluding NO2 is 2. The van der Waals surface area contributed by atoms with Crippen LogP contribution in [-0.2, 0) is 0 Å². The smallest absolute Gasteiger partial charge is 0.263 e. The lowest BCUT2D eigenvalue weighted by molar-refractivity contribution is -0.549. The SMILES string of the molecule is O=C(c1cccc(C(=O)C2CCC[N+]2=O)c1)C1CCC[N+]1=O. The molecular weight excluding hydrogens is 284 g/mol. The molecule has 2 aliphatic rings. The van der Waals surface area contributed by atoms with Gasteiger partial charge in [0, 0.05) is 56.1 Å². The van der Waals surface area contributed by atoms with Crippen LogP contribution < -0.4 is 0 Å². The van der Waals surface area contributed by atoms with Crippen LogP contribution in [0.15, 0.2) is 24.3 Å². The minimum absolute atomic E-state index is 0.243. The molecule has 0 saturated carbocycles. The molecule has 114 valence electrons. The summed E-state index contributed by atoms with van der Waals surface area (Å²) in [6.45, 7) is 0.754. The van der Waals surface area contributed by atoms with Crippen molar-refractivity contribution < 1.29 is 19.1 Å². The largest absolute Gasteiger partial charge is 0.286 e. The number of Topliss-reactive ketones (excluding diaryl/α,β-unsaturated/α-hetero) is 2. The molecule has 0 bridgehead atoms. The van der Waals surface area contributed by atoms with Gasteiger partial charge >= 0.3 is 0 Å². The van der Waals surface area contributed by atoms with E-state index in [9.17, 15) is 19.4 Å². The van der Waals surface area contributed by atoms with Gasteiger partial charge in [0.15, 0.2) is 13.1 Å². The van der Waals surface area contributed by atoms with E-state index in [0.29, 0.717) is 49.9 Å². The summed E-state index contributed by atoms with van der Waals surface area (Å²) in [6.07, 6.45) is 2.53. The van der Waals surface area contributed by atoms with Gasteiger partial charge in [-0.1, -0.05) is 18.2 Å². The number of ketones is 2. The van der Waals surface area contributed by atoms with Gasteiger partial charge in [-0.05, 0) is 6.07 Å². The van der Waals surface area contributed by atoms with Crippen molar-refractivity contribution in [2.45, 2.75) is 37.8 Å². The molecule has 0 radical (unpaired) electrons. The number of rotatable bonds is 4. The Bertz CT molecular complexity index is 615. The molecule has 22 heavy (non-hydrogen) atoms. The molecule has 0 aromatic heterocycles. The van der Waals surface area contributed by atoms with Crippen molar-refractivity contribution in [3.63, 3.8) is 0 Å². The fourth-order valence-corrected chi connectivity index (χ4v) is 3.21. The molecule has 0 amide bonds. The van der Waals surface area contributed by atoms with Gasteiger partial charge in [0.05, 0.1) is 0 Å². The molecule has 2 fully saturated rings. The molecule has 2 heterocycles. The molecule has 1 aromatic carbocycles. The summed E-state index contributed by atoms with van der Waals surface area (Å²) in [5, 5.41) is 0. The number of hydrogen-bond donors (Lipinski definition) is 0. The average molecular weight is 302 g/mol. The van der Waals surface area contributed by atoms with Crippen molar-refractivity contribution in [1.29, 1.82) is 0 Å². The topological polar surface area (TPSA) is 74.3 Å². The van der Waals surface area contributed by atoms with Gasteiger partial charge < -0.3 is 0 Å². The van der Waals surface area contributed by atoms with E-state index in [1.54, 1.807) is 18.2 Å². The summed E-state index contributed by atoms with van der Waals surface area (Å²) in [6, 6.07) is 5.10. The Balaban J connectivity index is 1.83. The van der Waals surface area contributed by atoms with Crippen LogP contribution in [-0.4, -0.2) is 46.3 Å². The first-order valence-corrected chi connectivity index (χ1v) is 7.64. The van der Waals surface area contributed by atoms with E-state index in [0.717, 1.165) is 9.52 Å². The lowest BCUT2D eigenvalue weighted by Gasteiger charge is -2.05. The van der Waals surface area contributed by atoms with Crippen molar-refractivity contribution in [2.75, 3.05) is 13.1 Å². The zero-order valence-corrected chi connectivity index (χ0v) is 12.2. The van der Waals surface area contributed by atoms with Gasteiger partial charge in [-0.25, -0.2) is 0 Å². The van der Waals surface area contributed by atoms with Crippen molar-refractivity contribution in [2.24, 2.45) is 0 Å². The van der Waals surface area contributed by atoms with Crippen molar-refractivity contribution >= 4 is 11.6 Å². The highest BCUT2D eigenvalue weighted by atomic mass is 16.3. The molecule has 2 aliphatic heterocycles. The average Bonchev–Trinajstić information content (AvgIpc) is 3.14. The summed E-state index contributed by atoms with van der Waals surface area (Å²) >= 11 is 0. The zero-order valence-electron chi connectivity index (χ0n) is 12.2. The van der Waals surface area contributed by atoms with E-state index in [1.165, 1.54) is 6.07 Å². The van der Waals surface area contributed by atoms with Gasteiger partial charge in [0.1, 0.15) is 0 Å². The van der Waals surface area contributed by atoms with E-state index in [-0.39, 0.29) is 11.6 Å². The van der Waals surface area contributed by atoms with Crippen LogP contribution in [0.5, 0.6) is 0 Å². The number of nitrogens with zero attached hydrogens (tertiary/aromatic N) is 2. The number of carbonyl (C=O) groups is 2. The van der Waals surface area contributed by atoms with E-state index < -0.39 is 12.1 Å². The number of benzene rings is 1. The summed E-state index contributed by atoms with van der Waals surface area (Å²) in [4.78, 5) is 48.1. The summed E-state index contributed by atoms with van der Waals surface area (Å²) in [5.74, 6) is -0.486. The van der Waals surface area contributed by atoms with Gasteiger partial charge in [0.25, 0.3) is 12.1 Å². The maximum absolute atomic E-state index is 12.4. The Kier molecular flexibility index (Phi) is 3.92. The predicted octanol–water partition coefficient (Wildman–Crippen LogP) is 1.93. The fraction of sp³-hybridized carbons (Fsp3) is 0.500. The zero-order chi connectivity index (χ0) is 15.7. The van der Waals surface area contributed by atoms with E-state index >= 15 is 0 Å². The third kappa shape index (κ3) is 2.61. The van der Waals surface area contributed by atoms with Crippen LogP contribution in [0.4, 0.5) is 0 Å². The van der Waals surface area contributed by atoms with Crippen molar-refractivity contribution in [3.8, 4) is 0 Å². The lowest BCUT2D eigenvalue weighted by Crippen LogP contribution is -2.29. The van der Waals surface area contributed by atoms with Crippen molar-refractivity contribution in [3.05, 3.63) is 45.2 Å². The first-order valence-electron chi connectivity index (χ1n) is 7.64. The van der Waals surface area contributed by atoms with Crippen LogP contribution in [0.1, 0.15) is 46.4 Å². The highest BCUT2D eigenvalue weighted by molar-refractivity contribution is 6.04.